The summed E-state index contributed by atoms with van der Waals surface area (Å²) in [4.78, 5) is 18.4. The minimum Gasteiger partial charge on any atom is -0.497 e. The third kappa shape index (κ3) is 5.80. The van der Waals surface area contributed by atoms with E-state index < -0.39 is 0 Å². The van der Waals surface area contributed by atoms with Gasteiger partial charge in [0.2, 0.25) is 5.91 Å². The highest BCUT2D eigenvalue weighted by atomic mass is 35.5. The summed E-state index contributed by atoms with van der Waals surface area (Å²) in [6, 6.07) is 5.95. The van der Waals surface area contributed by atoms with Crippen LogP contribution in [0, 0.1) is 0 Å². The molecule has 144 valence electrons. The van der Waals surface area contributed by atoms with Gasteiger partial charge in [-0.15, -0.1) is 0 Å². The number of hydrogen-bond acceptors (Lipinski definition) is 3. The number of hydrogen-bond donors (Lipinski definition) is 2. The number of guanidine groups is 1. The van der Waals surface area contributed by atoms with Crippen LogP contribution in [0.1, 0.15) is 32.3 Å². The zero-order valence-corrected chi connectivity index (χ0v) is 16.6. The summed E-state index contributed by atoms with van der Waals surface area (Å²) in [5.41, 5.74) is 1.05. The van der Waals surface area contributed by atoms with Gasteiger partial charge in [-0.25, -0.2) is 0 Å². The molecule has 1 aromatic carbocycles. The quantitative estimate of drug-likeness (QED) is 0.563. The predicted octanol–water partition coefficient (Wildman–Crippen LogP) is 2.46. The van der Waals surface area contributed by atoms with Crippen LogP contribution in [0.15, 0.2) is 23.2 Å². The number of nitrogens with one attached hydrogen (secondary N) is 2. The number of benzene rings is 1. The van der Waals surface area contributed by atoms with Gasteiger partial charge in [0, 0.05) is 43.7 Å². The molecular formula is C19H29ClN4O2. The molecule has 0 saturated carbocycles. The van der Waals surface area contributed by atoms with E-state index in [2.05, 4.69) is 15.6 Å². The van der Waals surface area contributed by atoms with E-state index in [1.165, 1.54) is 0 Å². The van der Waals surface area contributed by atoms with Crippen molar-refractivity contribution in [2.24, 2.45) is 4.99 Å². The van der Waals surface area contributed by atoms with E-state index in [1.807, 2.05) is 36.9 Å². The first kappa shape index (κ1) is 20.4. The molecule has 1 saturated heterocycles. The summed E-state index contributed by atoms with van der Waals surface area (Å²) in [7, 11) is 1.63. The summed E-state index contributed by atoms with van der Waals surface area (Å²) < 4.78 is 5.17. The maximum absolute atomic E-state index is 11.8. The lowest BCUT2D eigenvalue weighted by Crippen LogP contribution is -2.45. The van der Waals surface area contributed by atoms with Gasteiger partial charge >= 0.3 is 0 Å². The Morgan fingerprint density at radius 2 is 2.23 bits per heavy atom. The molecular weight excluding hydrogens is 352 g/mol. The lowest BCUT2D eigenvalue weighted by atomic mass is 10.1. The summed E-state index contributed by atoms with van der Waals surface area (Å²) in [5, 5.41) is 7.40. The van der Waals surface area contributed by atoms with Crippen molar-refractivity contribution >= 4 is 23.5 Å². The largest absolute Gasteiger partial charge is 0.497 e. The molecule has 1 aliphatic heterocycles. The number of halogens is 1. The number of nitrogens with zero attached hydrogens (tertiary/aromatic N) is 2. The third-order valence-electron chi connectivity index (χ3n) is 4.44. The van der Waals surface area contributed by atoms with E-state index in [0.717, 1.165) is 49.7 Å². The smallest absolute Gasteiger partial charge is 0.222 e. The lowest BCUT2D eigenvalue weighted by molar-refractivity contribution is -0.129. The van der Waals surface area contributed by atoms with E-state index in [4.69, 9.17) is 16.3 Å². The van der Waals surface area contributed by atoms with Crippen molar-refractivity contribution in [1.29, 1.82) is 0 Å². The Kier molecular flexibility index (Phi) is 8.04. The summed E-state index contributed by atoms with van der Waals surface area (Å²) in [6.45, 7) is 6.91. The van der Waals surface area contributed by atoms with Crippen molar-refractivity contribution < 1.29 is 9.53 Å². The molecule has 1 fully saturated rings. The Bertz CT molecular complexity index is 636. The number of rotatable bonds is 7. The molecule has 1 heterocycles. The van der Waals surface area contributed by atoms with Crippen LogP contribution in [0.4, 0.5) is 0 Å². The fourth-order valence-corrected chi connectivity index (χ4v) is 3.25. The van der Waals surface area contributed by atoms with Crippen molar-refractivity contribution in [3.05, 3.63) is 28.8 Å². The topological polar surface area (TPSA) is 66.0 Å². The number of methoxy groups -OCH3 is 1. The maximum Gasteiger partial charge on any atom is 0.222 e. The second-order valence-electron chi connectivity index (χ2n) is 6.29. The van der Waals surface area contributed by atoms with E-state index in [0.29, 0.717) is 18.0 Å². The average Bonchev–Trinajstić information content (AvgIpc) is 3.11. The van der Waals surface area contributed by atoms with Crippen LogP contribution in [-0.2, 0) is 11.2 Å². The summed E-state index contributed by atoms with van der Waals surface area (Å²) in [5.74, 6) is 1.75. The van der Waals surface area contributed by atoms with Crippen LogP contribution >= 0.6 is 11.6 Å². The van der Waals surface area contributed by atoms with E-state index in [1.54, 1.807) is 7.11 Å². The molecule has 1 aromatic rings. The zero-order chi connectivity index (χ0) is 18.9. The van der Waals surface area contributed by atoms with Gasteiger partial charge in [-0.2, -0.15) is 0 Å². The second kappa shape index (κ2) is 10.3. The van der Waals surface area contributed by atoms with Crippen LogP contribution in [-0.4, -0.2) is 56.1 Å². The molecule has 1 unspecified atom stereocenters. The van der Waals surface area contributed by atoms with Gasteiger partial charge in [-0.05, 0) is 37.5 Å². The molecule has 7 heteroatoms. The van der Waals surface area contributed by atoms with Gasteiger partial charge in [0.15, 0.2) is 5.96 Å². The van der Waals surface area contributed by atoms with Crippen LogP contribution in [0.5, 0.6) is 5.75 Å². The number of carbonyl (C=O) groups excluding carboxylic acids is 1. The Hall–Kier alpha value is -1.95. The van der Waals surface area contributed by atoms with Crippen molar-refractivity contribution in [1.82, 2.24) is 15.5 Å². The number of carbonyl (C=O) groups is 1. The molecule has 0 aromatic heterocycles. The van der Waals surface area contributed by atoms with Gasteiger partial charge in [-0.1, -0.05) is 24.6 Å². The predicted molar refractivity (Wildman–Crippen MR) is 106 cm³/mol. The second-order valence-corrected chi connectivity index (χ2v) is 6.70. The minimum atomic E-state index is 0.213. The monoisotopic (exact) mass is 380 g/mol. The van der Waals surface area contributed by atoms with Crippen LogP contribution in [0.25, 0.3) is 0 Å². The fraction of sp³-hybridized carbons (Fsp3) is 0.579. The van der Waals surface area contributed by atoms with Crippen LogP contribution in [0.3, 0.4) is 0 Å². The van der Waals surface area contributed by atoms with Gasteiger partial charge < -0.3 is 20.3 Å². The van der Waals surface area contributed by atoms with E-state index >= 15 is 0 Å². The molecule has 0 bridgehead atoms. The maximum atomic E-state index is 11.8. The summed E-state index contributed by atoms with van der Waals surface area (Å²) in [6.07, 6.45) is 2.26. The molecule has 2 N–H and O–H groups in total. The van der Waals surface area contributed by atoms with Crippen LogP contribution in [0.2, 0.25) is 5.02 Å². The first-order chi connectivity index (χ1) is 12.6. The number of likely N-dealkylation sites (tertiary alicyclic amines) is 1. The molecule has 0 radical (unpaired) electrons. The molecule has 26 heavy (non-hydrogen) atoms. The fourth-order valence-electron chi connectivity index (χ4n) is 2.99. The van der Waals surface area contributed by atoms with Crippen molar-refractivity contribution in [3.63, 3.8) is 0 Å². The van der Waals surface area contributed by atoms with E-state index in [9.17, 15) is 4.79 Å². The highest BCUT2D eigenvalue weighted by Gasteiger charge is 2.25. The molecule has 0 spiro atoms. The Balaban J connectivity index is 1.89. The molecule has 1 aliphatic rings. The van der Waals surface area contributed by atoms with Crippen molar-refractivity contribution in [2.45, 2.75) is 39.2 Å². The van der Waals surface area contributed by atoms with Crippen LogP contribution < -0.4 is 15.4 Å². The van der Waals surface area contributed by atoms with Crippen molar-refractivity contribution in [2.75, 3.05) is 33.3 Å². The average molecular weight is 381 g/mol. The highest BCUT2D eigenvalue weighted by Crippen LogP contribution is 2.22. The minimum absolute atomic E-state index is 0.213. The Morgan fingerprint density at radius 3 is 2.88 bits per heavy atom. The number of aliphatic imine (C=N–C) groups is 1. The standard InChI is InChI=1S/C19H29ClN4O2/c1-4-18(25)24-11-9-15(13-24)23-19(21-5-2)22-10-8-14-6-7-16(26-3)12-17(14)20/h6-7,12,15H,4-5,8-11,13H2,1-3H3,(H2,21,22,23). The first-order valence-corrected chi connectivity index (χ1v) is 9.60. The highest BCUT2D eigenvalue weighted by molar-refractivity contribution is 6.31. The number of amides is 1. The number of ether oxygens (including phenoxy) is 1. The van der Waals surface area contributed by atoms with Gasteiger partial charge in [0.05, 0.1) is 7.11 Å². The zero-order valence-electron chi connectivity index (χ0n) is 15.8. The lowest BCUT2D eigenvalue weighted by Gasteiger charge is -2.18. The van der Waals surface area contributed by atoms with Gasteiger partial charge in [-0.3, -0.25) is 9.79 Å². The van der Waals surface area contributed by atoms with Crippen molar-refractivity contribution in [3.8, 4) is 5.75 Å². The van der Waals surface area contributed by atoms with Gasteiger partial charge in [0.25, 0.3) is 0 Å². The van der Waals surface area contributed by atoms with E-state index in [-0.39, 0.29) is 11.9 Å². The summed E-state index contributed by atoms with van der Waals surface area (Å²) >= 11 is 6.28. The molecule has 6 nitrogen and oxygen atoms in total. The molecule has 0 aliphatic carbocycles. The Labute approximate surface area is 161 Å². The SMILES string of the molecule is CCNC(=NCCc1ccc(OC)cc1Cl)NC1CCN(C(=O)CC)C1. The first-order valence-electron chi connectivity index (χ1n) is 9.22. The Morgan fingerprint density at radius 1 is 1.42 bits per heavy atom. The van der Waals surface area contributed by atoms with Gasteiger partial charge in [0.1, 0.15) is 5.75 Å². The molecule has 1 atom stereocenters. The third-order valence-corrected chi connectivity index (χ3v) is 4.79. The normalized spacial score (nSPS) is 17.3. The molecule has 2 rings (SSSR count). The molecule has 1 amide bonds.